The van der Waals surface area contributed by atoms with E-state index in [0.717, 1.165) is 16.8 Å². The molecule has 0 saturated heterocycles. The Morgan fingerprint density at radius 2 is 1.86 bits per heavy atom. The second-order valence-corrected chi connectivity index (χ2v) is 10.7. The van der Waals surface area contributed by atoms with E-state index in [4.69, 9.17) is 11.6 Å². The summed E-state index contributed by atoms with van der Waals surface area (Å²) < 4.78 is 0. The maximum atomic E-state index is 13.8. The van der Waals surface area contributed by atoms with Gasteiger partial charge in [0.15, 0.2) is 5.78 Å². The van der Waals surface area contributed by atoms with Gasteiger partial charge in [-0.25, -0.2) is 0 Å². The van der Waals surface area contributed by atoms with Gasteiger partial charge in [-0.3, -0.25) is 20.1 Å². The van der Waals surface area contributed by atoms with Crippen LogP contribution in [-0.2, 0) is 4.79 Å². The van der Waals surface area contributed by atoms with Crippen molar-refractivity contribution in [1.82, 2.24) is 4.98 Å². The van der Waals surface area contributed by atoms with Crippen LogP contribution in [0.5, 0.6) is 0 Å². The zero-order chi connectivity index (χ0) is 25.6. The molecule has 3 aromatic rings. The first-order valence-corrected chi connectivity index (χ1v) is 12.3. The first-order chi connectivity index (χ1) is 17.2. The molecule has 0 spiro atoms. The number of rotatable bonds is 3. The molecule has 5 nitrogen and oxygen atoms in total. The fourth-order valence-corrected chi connectivity index (χ4v) is 5.45. The molecule has 5 rings (SSSR count). The van der Waals surface area contributed by atoms with Crippen LogP contribution in [0.3, 0.4) is 0 Å². The van der Waals surface area contributed by atoms with Crippen molar-refractivity contribution in [2.75, 3.05) is 4.90 Å². The number of ketones is 1. The van der Waals surface area contributed by atoms with Gasteiger partial charge in [-0.1, -0.05) is 67.4 Å². The molecule has 2 heterocycles. The van der Waals surface area contributed by atoms with Gasteiger partial charge in [0, 0.05) is 57.8 Å². The van der Waals surface area contributed by atoms with E-state index in [1.54, 1.807) is 29.4 Å². The number of aryl methyl sites for hydroxylation is 1. The lowest BCUT2D eigenvalue weighted by Gasteiger charge is -2.45. The number of carbonyl (C=O) groups excluding carboxylic acids is 1. The lowest BCUT2D eigenvalue weighted by atomic mass is 9.67. The van der Waals surface area contributed by atoms with Gasteiger partial charge in [0.25, 0.3) is 0 Å². The summed E-state index contributed by atoms with van der Waals surface area (Å²) in [5, 5.41) is 21.6. The number of nitrogens with one attached hydrogen (secondary N) is 1. The van der Waals surface area contributed by atoms with Gasteiger partial charge in [-0.15, -0.1) is 0 Å². The van der Waals surface area contributed by atoms with Crippen molar-refractivity contribution < 1.29 is 9.90 Å². The highest BCUT2D eigenvalue weighted by atomic mass is 35.5. The molecule has 1 unspecified atom stereocenters. The number of aliphatic hydroxyl groups excluding tert-OH is 1. The average Bonchev–Trinajstić information content (AvgIpc) is 2.83. The van der Waals surface area contributed by atoms with Crippen LogP contribution in [0, 0.1) is 17.7 Å². The van der Waals surface area contributed by atoms with Gasteiger partial charge >= 0.3 is 0 Å². The zero-order valence-corrected chi connectivity index (χ0v) is 21.3. The molecule has 0 bridgehead atoms. The maximum absolute atomic E-state index is 13.8. The number of carbonyl (C=O) groups is 1. The van der Waals surface area contributed by atoms with Crippen LogP contribution in [0.4, 0.5) is 5.69 Å². The minimum Gasteiger partial charge on any atom is -0.507 e. The highest BCUT2D eigenvalue weighted by Gasteiger charge is 2.46. The number of benzene rings is 2. The van der Waals surface area contributed by atoms with E-state index < -0.39 is 5.92 Å². The molecule has 182 valence electrons. The number of aromatic nitrogens is 1. The minimum atomic E-state index is -0.610. The molecular formula is C30H28ClN3O2. The molecule has 2 aliphatic rings. The molecule has 1 atom stereocenters. The molecule has 0 fully saturated rings. The van der Waals surface area contributed by atoms with E-state index in [1.165, 1.54) is 0 Å². The topological polar surface area (TPSA) is 77.3 Å². The number of allylic oxidation sites excluding steroid dienone is 2. The molecule has 1 aliphatic carbocycles. The highest BCUT2D eigenvalue weighted by Crippen LogP contribution is 2.51. The van der Waals surface area contributed by atoms with Gasteiger partial charge in [0.05, 0.1) is 0 Å². The average molecular weight is 498 g/mol. The van der Waals surface area contributed by atoms with Gasteiger partial charge < -0.3 is 5.11 Å². The van der Waals surface area contributed by atoms with Crippen molar-refractivity contribution in [3.63, 3.8) is 0 Å². The second-order valence-electron chi connectivity index (χ2n) is 10.3. The standard InChI is InChI=1S/C30H28ClN3O2/c1-18-9-11-19(12-10-18)28(36)27-25(20-6-5-13-33-17-20)26-23(15-30(2,3)16-24(26)35)34(29(27)32)22-8-4-7-21(31)14-22/h4-14,17,25,32,36H,15-16H2,1-3H3/b28-27+,32-29?. The van der Waals surface area contributed by atoms with Crippen molar-refractivity contribution in [1.29, 1.82) is 5.41 Å². The molecule has 36 heavy (non-hydrogen) atoms. The van der Waals surface area contributed by atoms with E-state index in [2.05, 4.69) is 18.8 Å². The Bertz CT molecular complexity index is 1420. The fourth-order valence-electron chi connectivity index (χ4n) is 5.26. The Labute approximate surface area is 216 Å². The van der Waals surface area contributed by atoms with Gasteiger partial charge in [-0.2, -0.15) is 0 Å². The van der Waals surface area contributed by atoms with Crippen LogP contribution < -0.4 is 4.90 Å². The zero-order valence-electron chi connectivity index (χ0n) is 20.5. The van der Waals surface area contributed by atoms with Crippen LogP contribution >= 0.6 is 11.6 Å². The summed E-state index contributed by atoms with van der Waals surface area (Å²) in [6.07, 6.45) is 4.39. The quantitative estimate of drug-likeness (QED) is 0.374. The molecule has 1 aromatic heterocycles. The van der Waals surface area contributed by atoms with E-state index in [0.29, 0.717) is 40.3 Å². The predicted octanol–water partition coefficient (Wildman–Crippen LogP) is 7.24. The number of pyridine rings is 1. The monoisotopic (exact) mass is 497 g/mol. The summed E-state index contributed by atoms with van der Waals surface area (Å²) in [6, 6.07) is 18.5. The number of halogens is 1. The molecule has 0 saturated carbocycles. The van der Waals surface area contributed by atoms with E-state index >= 15 is 0 Å². The molecule has 1 aliphatic heterocycles. The van der Waals surface area contributed by atoms with E-state index in [-0.39, 0.29) is 22.8 Å². The Kier molecular flexibility index (Phi) is 6.05. The van der Waals surface area contributed by atoms with Crippen LogP contribution in [0.25, 0.3) is 5.76 Å². The smallest absolute Gasteiger partial charge is 0.162 e. The largest absolute Gasteiger partial charge is 0.507 e. The summed E-state index contributed by atoms with van der Waals surface area (Å²) >= 11 is 6.36. The van der Waals surface area contributed by atoms with Crippen LogP contribution in [0.1, 0.15) is 49.3 Å². The third-order valence-corrected chi connectivity index (χ3v) is 7.12. The van der Waals surface area contributed by atoms with Crippen LogP contribution in [0.2, 0.25) is 5.02 Å². The summed E-state index contributed by atoms with van der Waals surface area (Å²) in [7, 11) is 0. The number of amidine groups is 1. The van der Waals surface area contributed by atoms with Gasteiger partial charge in [0.2, 0.25) is 0 Å². The van der Waals surface area contributed by atoms with Crippen LogP contribution in [0.15, 0.2) is 89.9 Å². The van der Waals surface area contributed by atoms with Crippen molar-refractivity contribution in [2.24, 2.45) is 5.41 Å². The van der Waals surface area contributed by atoms with Crippen molar-refractivity contribution in [3.8, 4) is 0 Å². The minimum absolute atomic E-state index is 0.0174. The number of anilines is 1. The van der Waals surface area contributed by atoms with E-state index in [1.807, 2.05) is 55.5 Å². The van der Waals surface area contributed by atoms with Crippen molar-refractivity contribution in [2.45, 2.75) is 39.5 Å². The summed E-state index contributed by atoms with van der Waals surface area (Å²) in [5.41, 5.74) is 4.59. The highest BCUT2D eigenvalue weighted by molar-refractivity contribution is 6.31. The molecule has 2 N–H and O–H groups in total. The van der Waals surface area contributed by atoms with Crippen LogP contribution in [-0.4, -0.2) is 21.7 Å². The third kappa shape index (κ3) is 4.24. The van der Waals surface area contributed by atoms with E-state index in [9.17, 15) is 15.3 Å². The summed E-state index contributed by atoms with van der Waals surface area (Å²) in [6.45, 7) is 6.13. The van der Waals surface area contributed by atoms with Crippen molar-refractivity contribution >= 4 is 34.7 Å². The summed E-state index contributed by atoms with van der Waals surface area (Å²) in [5.74, 6) is -0.496. The number of hydrogen-bond acceptors (Lipinski definition) is 4. The van der Waals surface area contributed by atoms with Crippen molar-refractivity contribution in [3.05, 3.63) is 112 Å². The van der Waals surface area contributed by atoms with Gasteiger partial charge in [-0.05, 0) is 48.6 Å². The molecule has 0 amide bonds. The lowest BCUT2D eigenvalue weighted by Crippen LogP contribution is -2.45. The fraction of sp³-hybridized carbons (Fsp3) is 0.233. The number of aliphatic hydroxyl groups is 1. The molecule has 6 heteroatoms. The Hall–Kier alpha value is -3.70. The molecular weight excluding hydrogens is 470 g/mol. The molecule has 2 aromatic carbocycles. The Morgan fingerprint density at radius 3 is 2.53 bits per heavy atom. The van der Waals surface area contributed by atoms with Gasteiger partial charge in [0.1, 0.15) is 11.6 Å². The first kappa shape index (κ1) is 24.0. The maximum Gasteiger partial charge on any atom is 0.162 e. The Morgan fingerprint density at radius 1 is 1.11 bits per heavy atom. The SMILES string of the molecule is Cc1ccc(/C(O)=C2\C(=N)N(c3cccc(Cl)c3)C3=C(C(=O)CC(C)(C)C3)C2c2cccnc2)cc1. The lowest BCUT2D eigenvalue weighted by molar-refractivity contribution is -0.118. The number of Topliss-reactive ketones (excluding diaryl/α,β-unsaturated/α-hetero) is 1. The first-order valence-electron chi connectivity index (χ1n) is 12.0. The second kappa shape index (κ2) is 9.07. The predicted molar refractivity (Wildman–Crippen MR) is 144 cm³/mol. The summed E-state index contributed by atoms with van der Waals surface area (Å²) in [4.78, 5) is 19.9. The number of nitrogens with zero attached hydrogens (tertiary/aromatic N) is 2. The number of hydrogen-bond donors (Lipinski definition) is 2. The molecule has 0 radical (unpaired) electrons. The Balaban J connectivity index is 1.85. The normalized spacial score (nSPS) is 20.9. The third-order valence-electron chi connectivity index (χ3n) is 6.89.